The van der Waals surface area contributed by atoms with Crippen molar-refractivity contribution in [2.75, 3.05) is 11.9 Å². The Labute approximate surface area is 103 Å². The van der Waals surface area contributed by atoms with Crippen LogP contribution >= 0.6 is 27.5 Å². The monoisotopic (exact) mass is 289 g/mol. The van der Waals surface area contributed by atoms with Crippen molar-refractivity contribution in [3.8, 4) is 0 Å². The van der Waals surface area contributed by atoms with Gasteiger partial charge in [-0.3, -0.25) is 0 Å². The van der Waals surface area contributed by atoms with E-state index in [4.69, 9.17) is 11.6 Å². The summed E-state index contributed by atoms with van der Waals surface area (Å²) >= 11 is 9.26. The molecule has 1 aromatic heterocycles. The maximum Gasteiger partial charge on any atom is 0.137 e. The number of hydrogen-bond acceptors (Lipinski definition) is 3. The smallest absolute Gasteiger partial charge is 0.137 e. The van der Waals surface area contributed by atoms with Gasteiger partial charge in [0.05, 0.1) is 0 Å². The molecule has 15 heavy (non-hydrogen) atoms. The Kier molecular flexibility index (Phi) is 4.54. The largest absolute Gasteiger partial charge is 0.365 e. The molecule has 1 heterocycles. The van der Waals surface area contributed by atoms with E-state index in [1.54, 1.807) is 0 Å². The van der Waals surface area contributed by atoms with Crippen molar-refractivity contribution in [2.24, 2.45) is 0 Å². The van der Waals surface area contributed by atoms with Crippen molar-refractivity contribution in [3.63, 3.8) is 0 Å². The summed E-state index contributed by atoms with van der Waals surface area (Å²) in [4.78, 5) is 8.51. The number of nitrogens with zero attached hydrogens (tertiary/aromatic N) is 2. The number of rotatable bonds is 4. The maximum atomic E-state index is 5.99. The summed E-state index contributed by atoms with van der Waals surface area (Å²) in [6.45, 7) is 8.25. The lowest BCUT2D eigenvalue weighted by Crippen LogP contribution is -2.08. The number of nitrogens with one attached hydrogen (secondary N) is 1. The number of aromatic nitrogens is 2. The lowest BCUT2D eigenvalue weighted by molar-refractivity contribution is 0.929. The van der Waals surface area contributed by atoms with Crippen LogP contribution in [0.15, 0.2) is 11.1 Å². The second-order valence-electron chi connectivity index (χ2n) is 3.13. The molecule has 0 aliphatic heterocycles. The van der Waals surface area contributed by atoms with Gasteiger partial charge in [0.1, 0.15) is 16.8 Å². The molecule has 0 aliphatic carbocycles. The quantitative estimate of drug-likeness (QED) is 0.865. The minimum Gasteiger partial charge on any atom is -0.365 e. The molecule has 5 heteroatoms. The molecular weight excluding hydrogens is 277 g/mol. The zero-order valence-electron chi connectivity index (χ0n) is 8.77. The second kappa shape index (κ2) is 5.47. The summed E-state index contributed by atoms with van der Waals surface area (Å²) in [5.41, 5.74) is 0.864. The molecule has 0 unspecified atom stereocenters. The number of halogens is 2. The van der Waals surface area contributed by atoms with E-state index in [1.165, 1.54) is 0 Å². The van der Waals surface area contributed by atoms with Crippen LogP contribution in [-0.2, 0) is 6.42 Å². The fraction of sp³-hybridized carbons (Fsp3) is 0.400. The van der Waals surface area contributed by atoms with Crippen LogP contribution in [0.3, 0.4) is 0 Å². The van der Waals surface area contributed by atoms with Crippen LogP contribution in [-0.4, -0.2) is 16.5 Å². The van der Waals surface area contributed by atoms with Gasteiger partial charge in [0.25, 0.3) is 0 Å². The molecule has 0 saturated carbocycles. The summed E-state index contributed by atoms with van der Waals surface area (Å²) in [6.07, 6.45) is 0.768. The molecule has 3 nitrogen and oxygen atoms in total. The Hall–Kier alpha value is -0.610. The van der Waals surface area contributed by atoms with Gasteiger partial charge in [0, 0.05) is 23.0 Å². The van der Waals surface area contributed by atoms with Gasteiger partial charge in [-0.15, -0.1) is 0 Å². The molecule has 1 aromatic rings. The van der Waals surface area contributed by atoms with Gasteiger partial charge < -0.3 is 5.32 Å². The SMILES string of the molecule is C=C(Br)CNc1nc(CC)nc(Cl)c1C. The van der Waals surface area contributed by atoms with Gasteiger partial charge in [-0.1, -0.05) is 41.0 Å². The first-order chi connectivity index (χ1) is 7.04. The van der Waals surface area contributed by atoms with Crippen molar-refractivity contribution in [1.29, 1.82) is 0 Å². The Morgan fingerprint density at radius 3 is 2.73 bits per heavy atom. The van der Waals surface area contributed by atoms with E-state index >= 15 is 0 Å². The molecule has 0 atom stereocenters. The normalized spacial score (nSPS) is 10.1. The summed E-state index contributed by atoms with van der Waals surface area (Å²) < 4.78 is 0.870. The van der Waals surface area contributed by atoms with Crippen LogP contribution in [0.1, 0.15) is 18.3 Å². The third kappa shape index (κ3) is 3.47. The molecule has 1 rings (SSSR count). The molecular formula is C10H13BrClN3. The van der Waals surface area contributed by atoms with Crippen LogP contribution in [0.2, 0.25) is 5.15 Å². The van der Waals surface area contributed by atoms with Crippen molar-refractivity contribution >= 4 is 33.3 Å². The van der Waals surface area contributed by atoms with Gasteiger partial charge in [-0.25, -0.2) is 9.97 Å². The number of hydrogen-bond donors (Lipinski definition) is 1. The Morgan fingerprint density at radius 2 is 2.20 bits per heavy atom. The highest BCUT2D eigenvalue weighted by molar-refractivity contribution is 9.11. The number of anilines is 1. The first-order valence-corrected chi connectivity index (χ1v) is 5.81. The third-order valence-electron chi connectivity index (χ3n) is 1.90. The highest BCUT2D eigenvalue weighted by Gasteiger charge is 2.07. The van der Waals surface area contributed by atoms with Crippen LogP contribution in [0.4, 0.5) is 5.82 Å². The van der Waals surface area contributed by atoms with Gasteiger partial charge >= 0.3 is 0 Å². The van der Waals surface area contributed by atoms with Crippen LogP contribution in [0, 0.1) is 6.92 Å². The molecule has 0 aliphatic rings. The Balaban J connectivity index is 2.94. The zero-order chi connectivity index (χ0) is 11.4. The predicted octanol–water partition coefficient (Wildman–Crippen LogP) is 3.32. The van der Waals surface area contributed by atoms with E-state index in [1.807, 2.05) is 13.8 Å². The summed E-state index contributed by atoms with van der Waals surface area (Å²) in [7, 11) is 0. The zero-order valence-corrected chi connectivity index (χ0v) is 11.1. The van der Waals surface area contributed by atoms with E-state index in [9.17, 15) is 0 Å². The average molecular weight is 291 g/mol. The topological polar surface area (TPSA) is 37.8 Å². The average Bonchev–Trinajstić information content (AvgIpc) is 2.19. The summed E-state index contributed by atoms with van der Waals surface area (Å²) in [5.74, 6) is 1.51. The lowest BCUT2D eigenvalue weighted by Gasteiger charge is -2.10. The van der Waals surface area contributed by atoms with Gasteiger partial charge in [-0.2, -0.15) is 0 Å². The molecule has 1 N–H and O–H groups in total. The van der Waals surface area contributed by atoms with Crippen molar-refractivity contribution in [3.05, 3.63) is 27.6 Å². The Morgan fingerprint density at radius 1 is 1.53 bits per heavy atom. The lowest BCUT2D eigenvalue weighted by atomic mass is 10.3. The van der Waals surface area contributed by atoms with E-state index in [0.717, 1.165) is 28.1 Å². The molecule has 0 fully saturated rings. The van der Waals surface area contributed by atoms with E-state index < -0.39 is 0 Å². The fourth-order valence-corrected chi connectivity index (χ4v) is 1.37. The molecule has 0 radical (unpaired) electrons. The predicted molar refractivity (Wildman–Crippen MR) is 67.7 cm³/mol. The molecule has 82 valence electrons. The molecule has 0 saturated heterocycles. The minimum absolute atomic E-state index is 0.504. The summed E-state index contributed by atoms with van der Waals surface area (Å²) in [5, 5.41) is 3.65. The third-order valence-corrected chi connectivity index (χ3v) is 2.54. The van der Waals surface area contributed by atoms with Crippen molar-refractivity contribution < 1.29 is 0 Å². The molecule has 0 aromatic carbocycles. The van der Waals surface area contributed by atoms with Crippen molar-refractivity contribution in [1.82, 2.24) is 9.97 Å². The molecule has 0 bridgehead atoms. The Bertz CT molecular complexity index is 379. The van der Waals surface area contributed by atoms with E-state index in [2.05, 4.69) is 37.8 Å². The standard InChI is InChI=1S/C10H13BrClN3/c1-4-8-14-9(12)7(3)10(15-8)13-5-6(2)11/h2,4-5H2,1,3H3,(H,13,14,15). The fourth-order valence-electron chi connectivity index (χ4n) is 1.04. The second-order valence-corrected chi connectivity index (χ2v) is 4.61. The summed E-state index contributed by atoms with van der Waals surface area (Å²) in [6, 6.07) is 0. The van der Waals surface area contributed by atoms with Crippen molar-refractivity contribution in [2.45, 2.75) is 20.3 Å². The van der Waals surface area contributed by atoms with E-state index in [0.29, 0.717) is 11.7 Å². The van der Waals surface area contributed by atoms with Gasteiger partial charge in [-0.05, 0) is 6.92 Å². The van der Waals surface area contributed by atoms with Gasteiger partial charge in [0.15, 0.2) is 0 Å². The minimum atomic E-state index is 0.504. The first-order valence-electron chi connectivity index (χ1n) is 4.64. The maximum absolute atomic E-state index is 5.99. The number of aryl methyl sites for hydroxylation is 1. The van der Waals surface area contributed by atoms with Crippen LogP contribution in [0.25, 0.3) is 0 Å². The molecule has 0 amide bonds. The first kappa shape index (κ1) is 12.5. The van der Waals surface area contributed by atoms with Gasteiger partial charge in [0.2, 0.25) is 0 Å². The highest BCUT2D eigenvalue weighted by Crippen LogP contribution is 2.20. The van der Waals surface area contributed by atoms with Crippen LogP contribution in [0.5, 0.6) is 0 Å². The van der Waals surface area contributed by atoms with Crippen LogP contribution < -0.4 is 5.32 Å². The van der Waals surface area contributed by atoms with E-state index in [-0.39, 0.29) is 0 Å². The molecule has 0 spiro atoms. The highest BCUT2D eigenvalue weighted by atomic mass is 79.9.